The first-order valence-electron chi connectivity index (χ1n) is 7.14. The topological polar surface area (TPSA) is 68.5 Å². The molecule has 1 amide bonds. The molecule has 1 aliphatic heterocycles. The van der Waals surface area contributed by atoms with E-state index in [1.54, 1.807) is 0 Å². The molecule has 112 valence electrons. The summed E-state index contributed by atoms with van der Waals surface area (Å²) in [6, 6.07) is 0.285. The van der Waals surface area contributed by atoms with Gasteiger partial charge >= 0.3 is 6.08 Å². The van der Waals surface area contributed by atoms with Gasteiger partial charge in [-0.15, -0.1) is 0 Å². The number of carbonyl (C=O) groups is 1. The molecule has 1 saturated heterocycles. The summed E-state index contributed by atoms with van der Waals surface area (Å²) in [5, 5.41) is 3.86. The predicted molar refractivity (Wildman–Crippen MR) is 73.5 cm³/mol. The smallest absolute Gasteiger partial charge is 0.417 e. The van der Waals surface area contributed by atoms with Gasteiger partial charge in [0.05, 0.1) is 0 Å². The molecular weight excluding hydrogens is 258 g/mol. The van der Waals surface area contributed by atoms with Crippen molar-refractivity contribution in [3.05, 3.63) is 5.82 Å². The third kappa shape index (κ3) is 3.49. The number of likely N-dealkylation sites (tertiary alicyclic amines) is 1. The van der Waals surface area contributed by atoms with Crippen LogP contribution in [0.4, 0.5) is 0 Å². The van der Waals surface area contributed by atoms with E-state index in [2.05, 4.69) is 17.1 Å². The third-order valence-corrected chi connectivity index (χ3v) is 3.52. The Labute approximate surface area is 119 Å². The minimum atomic E-state index is -0.198. The lowest BCUT2D eigenvalue weighted by Gasteiger charge is -2.33. The van der Waals surface area contributed by atoms with Crippen LogP contribution in [0, 0.1) is 0 Å². The second-order valence-electron chi connectivity index (χ2n) is 6.35. The molecule has 2 rings (SSSR count). The Balaban J connectivity index is 1.88. The minimum absolute atomic E-state index is 0.0206. The van der Waals surface area contributed by atoms with Gasteiger partial charge in [0, 0.05) is 18.0 Å². The van der Waals surface area contributed by atoms with Gasteiger partial charge < -0.3 is 9.64 Å². The number of aromatic nitrogens is 2. The van der Waals surface area contributed by atoms with Gasteiger partial charge in [-0.2, -0.15) is 4.98 Å². The van der Waals surface area contributed by atoms with E-state index >= 15 is 0 Å². The van der Waals surface area contributed by atoms with Gasteiger partial charge in [-0.1, -0.05) is 25.9 Å². The second kappa shape index (κ2) is 5.81. The number of carbonyl (C=O) groups excluding carboxylic acids is 1. The van der Waals surface area contributed by atoms with Crippen molar-refractivity contribution >= 4 is 5.91 Å². The summed E-state index contributed by atoms with van der Waals surface area (Å²) in [6.07, 6.45) is 3.36. The van der Waals surface area contributed by atoms with Crippen LogP contribution >= 0.6 is 0 Å². The lowest BCUT2D eigenvalue weighted by atomic mass is 9.96. The van der Waals surface area contributed by atoms with E-state index in [-0.39, 0.29) is 30.0 Å². The predicted octanol–water partition coefficient (Wildman–Crippen LogP) is 2.15. The van der Waals surface area contributed by atoms with Crippen molar-refractivity contribution in [1.29, 1.82) is 0 Å². The zero-order chi connectivity index (χ0) is 14.8. The summed E-state index contributed by atoms with van der Waals surface area (Å²) in [7, 11) is 0. The number of rotatable bonds is 3. The highest BCUT2D eigenvalue weighted by Gasteiger charge is 2.25. The molecule has 6 heteroatoms. The van der Waals surface area contributed by atoms with E-state index in [0.717, 1.165) is 19.4 Å². The highest BCUT2D eigenvalue weighted by molar-refractivity contribution is 5.78. The van der Waals surface area contributed by atoms with Gasteiger partial charge in [0.25, 0.3) is 5.91 Å². The Morgan fingerprint density at radius 3 is 2.80 bits per heavy atom. The molecule has 1 fully saturated rings. The van der Waals surface area contributed by atoms with Crippen LogP contribution in [-0.2, 0) is 10.2 Å². The number of nitrogens with zero attached hydrogens (tertiary/aromatic N) is 3. The maximum absolute atomic E-state index is 12.1. The monoisotopic (exact) mass is 281 g/mol. The van der Waals surface area contributed by atoms with Crippen LogP contribution in [0.15, 0.2) is 4.52 Å². The molecule has 0 bridgehead atoms. The first kappa shape index (κ1) is 14.8. The molecule has 1 aliphatic rings. The molecule has 0 aliphatic carbocycles. The van der Waals surface area contributed by atoms with Gasteiger partial charge in [0.1, 0.15) is 0 Å². The molecule has 1 aromatic rings. The number of ether oxygens (including phenoxy) is 1. The largest absolute Gasteiger partial charge is 0.439 e. The van der Waals surface area contributed by atoms with Crippen LogP contribution in [0.3, 0.4) is 0 Å². The minimum Gasteiger partial charge on any atom is -0.439 e. The average molecular weight is 281 g/mol. The fourth-order valence-corrected chi connectivity index (χ4v) is 2.25. The van der Waals surface area contributed by atoms with Crippen molar-refractivity contribution < 1.29 is 14.1 Å². The molecule has 0 aromatic carbocycles. The molecule has 0 radical (unpaired) electrons. The Morgan fingerprint density at radius 1 is 1.45 bits per heavy atom. The highest BCUT2D eigenvalue weighted by Crippen LogP contribution is 2.21. The Bertz CT molecular complexity index is 464. The van der Waals surface area contributed by atoms with Crippen LogP contribution in [0.25, 0.3) is 0 Å². The van der Waals surface area contributed by atoms with Crippen LogP contribution < -0.4 is 4.74 Å². The molecule has 0 saturated carbocycles. The van der Waals surface area contributed by atoms with E-state index in [9.17, 15) is 4.79 Å². The van der Waals surface area contributed by atoms with Crippen molar-refractivity contribution in [2.24, 2.45) is 0 Å². The highest BCUT2D eigenvalue weighted by atomic mass is 16.6. The molecule has 0 spiro atoms. The molecule has 6 nitrogen and oxygen atoms in total. The summed E-state index contributed by atoms with van der Waals surface area (Å²) in [4.78, 5) is 18.1. The SMILES string of the molecule is CC1CCCCN1C(=O)COc1nc(C(C)(C)C)no1. The Hall–Kier alpha value is -1.59. The van der Waals surface area contributed by atoms with E-state index in [1.165, 1.54) is 6.42 Å². The van der Waals surface area contributed by atoms with Crippen molar-refractivity contribution in [3.8, 4) is 6.08 Å². The molecular formula is C14H23N3O3. The van der Waals surface area contributed by atoms with Crippen LogP contribution in [0.5, 0.6) is 6.08 Å². The number of hydrogen-bond donors (Lipinski definition) is 0. The molecule has 1 aromatic heterocycles. The standard InChI is InChI=1S/C14H23N3O3/c1-10-7-5-6-8-17(10)11(18)9-19-13-15-12(16-20-13)14(2,3)4/h10H,5-9H2,1-4H3. The number of hydrogen-bond acceptors (Lipinski definition) is 5. The van der Waals surface area contributed by atoms with Gasteiger partial charge in [0.2, 0.25) is 0 Å². The summed E-state index contributed by atoms with van der Waals surface area (Å²) in [5.74, 6) is 0.555. The Kier molecular flexibility index (Phi) is 4.30. The van der Waals surface area contributed by atoms with Gasteiger partial charge in [-0.3, -0.25) is 9.32 Å². The first-order valence-corrected chi connectivity index (χ1v) is 7.14. The van der Waals surface area contributed by atoms with E-state index in [0.29, 0.717) is 5.82 Å². The van der Waals surface area contributed by atoms with E-state index in [4.69, 9.17) is 9.26 Å². The number of piperidine rings is 1. The van der Waals surface area contributed by atoms with Crippen molar-refractivity contribution in [2.75, 3.05) is 13.2 Å². The fourth-order valence-electron chi connectivity index (χ4n) is 2.25. The molecule has 1 atom stereocenters. The van der Waals surface area contributed by atoms with Crippen LogP contribution in [-0.4, -0.2) is 40.1 Å². The maximum atomic E-state index is 12.1. The summed E-state index contributed by atoms with van der Waals surface area (Å²) < 4.78 is 10.3. The quantitative estimate of drug-likeness (QED) is 0.849. The molecule has 1 unspecified atom stereocenters. The average Bonchev–Trinajstić information content (AvgIpc) is 2.85. The zero-order valence-corrected chi connectivity index (χ0v) is 12.7. The third-order valence-electron chi connectivity index (χ3n) is 3.52. The van der Waals surface area contributed by atoms with E-state index in [1.807, 2.05) is 25.7 Å². The molecule has 0 N–H and O–H groups in total. The number of amides is 1. The fraction of sp³-hybridized carbons (Fsp3) is 0.786. The second-order valence-corrected chi connectivity index (χ2v) is 6.35. The molecule has 20 heavy (non-hydrogen) atoms. The Morgan fingerprint density at radius 2 is 2.20 bits per heavy atom. The van der Waals surface area contributed by atoms with Crippen LogP contribution in [0.2, 0.25) is 0 Å². The molecule has 2 heterocycles. The lowest BCUT2D eigenvalue weighted by Crippen LogP contribution is -2.44. The van der Waals surface area contributed by atoms with Crippen molar-refractivity contribution in [2.45, 2.75) is 58.4 Å². The lowest BCUT2D eigenvalue weighted by molar-refractivity contribution is -0.137. The summed E-state index contributed by atoms with van der Waals surface area (Å²) in [6.45, 7) is 8.80. The van der Waals surface area contributed by atoms with Crippen molar-refractivity contribution in [1.82, 2.24) is 15.0 Å². The van der Waals surface area contributed by atoms with E-state index < -0.39 is 0 Å². The summed E-state index contributed by atoms with van der Waals surface area (Å²) in [5.41, 5.74) is -0.198. The normalized spacial score (nSPS) is 20.0. The van der Waals surface area contributed by atoms with Crippen LogP contribution in [0.1, 0.15) is 52.8 Å². The van der Waals surface area contributed by atoms with Crippen molar-refractivity contribution in [3.63, 3.8) is 0 Å². The zero-order valence-electron chi connectivity index (χ0n) is 12.7. The summed E-state index contributed by atoms with van der Waals surface area (Å²) >= 11 is 0. The maximum Gasteiger partial charge on any atom is 0.417 e. The van der Waals surface area contributed by atoms with Gasteiger partial charge in [0.15, 0.2) is 12.4 Å². The van der Waals surface area contributed by atoms with Gasteiger partial charge in [-0.05, 0) is 26.2 Å². The first-order chi connectivity index (χ1) is 9.38. The van der Waals surface area contributed by atoms with Gasteiger partial charge in [-0.25, -0.2) is 0 Å².